The first kappa shape index (κ1) is 12.7. The lowest BCUT2D eigenvalue weighted by Gasteiger charge is -2.07. The fraction of sp³-hybridized carbons (Fsp3) is 0.333. The molecule has 82 valence electrons. The number of hydrogen-bond acceptors (Lipinski definition) is 2. The van der Waals surface area contributed by atoms with Crippen LogP contribution >= 0.6 is 22.6 Å². The molecule has 2 N–H and O–H groups in total. The molecule has 0 unspecified atom stereocenters. The molecule has 0 aromatic heterocycles. The van der Waals surface area contributed by atoms with E-state index < -0.39 is 0 Å². The van der Waals surface area contributed by atoms with Crippen molar-refractivity contribution in [1.82, 2.24) is 0 Å². The zero-order valence-corrected chi connectivity index (χ0v) is 10.9. The maximum Gasteiger partial charge on any atom is 0.0739 e. The Kier molecular flexibility index (Phi) is 5.28. The maximum absolute atomic E-state index is 9.17. The molecule has 0 fully saturated rings. The molecule has 1 aromatic carbocycles. The van der Waals surface area contributed by atoms with Gasteiger partial charge in [0.05, 0.1) is 13.2 Å². The SMILES string of the molecule is Cc1ccc(C/C(CO)=C(/I)CO)cc1. The normalized spacial score (nSPS) is 12.5. The van der Waals surface area contributed by atoms with E-state index in [1.807, 2.05) is 19.1 Å². The fourth-order valence-corrected chi connectivity index (χ4v) is 1.66. The number of hydrogen-bond donors (Lipinski definition) is 2. The van der Waals surface area contributed by atoms with Gasteiger partial charge in [-0.3, -0.25) is 0 Å². The van der Waals surface area contributed by atoms with Gasteiger partial charge in [0.15, 0.2) is 0 Å². The van der Waals surface area contributed by atoms with E-state index >= 15 is 0 Å². The van der Waals surface area contributed by atoms with Crippen LogP contribution in [0, 0.1) is 6.92 Å². The van der Waals surface area contributed by atoms with Crippen LogP contribution in [0.5, 0.6) is 0 Å². The van der Waals surface area contributed by atoms with Gasteiger partial charge in [0.1, 0.15) is 0 Å². The lowest BCUT2D eigenvalue weighted by Crippen LogP contribution is -2.00. The fourth-order valence-electron chi connectivity index (χ4n) is 1.30. The average Bonchev–Trinajstić information content (AvgIpc) is 2.27. The zero-order chi connectivity index (χ0) is 11.3. The standard InChI is InChI=1S/C12H15IO2/c1-9-2-4-10(5-3-9)6-11(7-14)12(13)8-15/h2-5,14-15H,6-8H2,1H3/b12-11-. The van der Waals surface area contributed by atoms with Crippen LogP contribution in [0.4, 0.5) is 0 Å². The Balaban J connectivity index is 2.80. The molecule has 1 rings (SSSR count). The quantitative estimate of drug-likeness (QED) is 0.836. The van der Waals surface area contributed by atoms with Crippen LogP contribution in [-0.4, -0.2) is 23.4 Å². The van der Waals surface area contributed by atoms with Crippen molar-refractivity contribution in [2.24, 2.45) is 0 Å². The van der Waals surface area contributed by atoms with Crippen molar-refractivity contribution < 1.29 is 10.2 Å². The van der Waals surface area contributed by atoms with Crippen LogP contribution in [0.15, 0.2) is 33.4 Å². The summed E-state index contributed by atoms with van der Waals surface area (Å²) < 4.78 is 0.829. The third-order valence-corrected chi connectivity index (χ3v) is 3.36. The second kappa shape index (κ2) is 6.25. The third kappa shape index (κ3) is 3.93. The molecule has 0 heterocycles. The Morgan fingerprint density at radius 1 is 1.13 bits per heavy atom. The monoisotopic (exact) mass is 318 g/mol. The molecular weight excluding hydrogens is 303 g/mol. The minimum atomic E-state index is 0.00230. The first-order chi connectivity index (χ1) is 7.17. The Morgan fingerprint density at radius 2 is 1.73 bits per heavy atom. The topological polar surface area (TPSA) is 40.5 Å². The van der Waals surface area contributed by atoms with Crippen molar-refractivity contribution in [1.29, 1.82) is 0 Å². The highest BCUT2D eigenvalue weighted by molar-refractivity contribution is 14.1. The van der Waals surface area contributed by atoms with Crippen LogP contribution in [-0.2, 0) is 6.42 Å². The van der Waals surface area contributed by atoms with Crippen LogP contribution in [0.2, 0.25) is 0 Å². The Morgan fingerprint density at radius 3 is 2.20 bits per heavy atom. The van der Waals surface area contributed by atoms with Crippen molar-refractivity contribution in [3.63, 3.8) is 0 Å². The number of halogens is 1. The van der Waals surface area contributed by atoms with Crippen molar-refractivity contribution in [3.8, 4) is 0 Å². The Labute approximate surface area is 104 Å². The summed E-state index contributed by atoms with van der Waals surface area (Å²) in [5.41, 5.74) is 3.28. The van der Waals surface area contributed by atoms with Crippen molar-refractivity contribution in [3.05, 3.63) is 44.5 Å². The Hall–Kier alpha value is -0.390. The van der Waals surface area contributed by atoms with Gasteiger partial charge in [-0.25, -0.2) is 0 Å². The van der Waals surface area contributed by atoms with E-state index in [-0.39, 0.29) is 13.2 Å². The van der Waals surface area contributed by atoms with E-state index in [2.05, 4.69) is 34.7 Å². The number of aryl methyl sites for hydroxylation is 1. The Bertz CT molecular complexity index is 341. The van der Waals surface area contributed by atoms with Gasteiger partial charge in [0, 0.05) is 3.58 Å². The second-order valence-corrected chi connectivity index (χ2v) is 4.79. The highest BCUT2D eigenvalue weighted by atomic mass is 127. The molecule has 15 heavy (non-hydrogen) atoms. The molecule has 0 saturated carbocycles. The van der Waals surface area contributed by atoms with E-state index in [0.29, 0.717) is 6.42 Å². The lowest BCUT2D eigenvalue weighted by atomic mass is 10.0. The zero-order valence-electron chi connectivity index (χ0n) is 8.70. The molecule has 0 radical (unpaired) electrons. The molecule has 0 amide bonds. The van der Waals surface area contributed by atoms with Gasteiger partial charge >= 0.3 is 0 Å². The first-order valence-corrected chi connectivity index (χ1v) is 5.89. The molecule has 0 saturated heterocycles. The van der Waals surface area contributed by atoms with Gasteiger partial charge in [-0.1, -0.05) is 29.8 Å². The summed E-state index contributed by atoms with van der Waals surface area (Å²) in [4.78, 5) is 0. The van der Waals surface area contributed by atoms with Crippen LogP contribution < -0.4 is 0 Å². The van der Waals surface area contributed by atoms with Gasteiger partial charge < -0.3 is 10.2 Å². The predicted molar refractivity (Wildman–Crippen MR) is 70.1 cm³/mol. The molecule has 0 aliphatic heterocycles. The van der Waals surface area contributed by atoms with Gasteiger partial charge in [0.25, 0.3) is 0 Å². The molecule has 0 aliphatic carbocycles. The number of aliphatic hydroxyl groups is 2. The summed E-state index contributed by atoms with van der Waals surface area (Å²) in [7, 11) is 0. The molecular formula is C12H15IO2. The summed E-state index contributed by atoms with van der Waals surface area (Å²) in [5, 5.41) is 18.2. The largest absolute Gasteiger partial charge is 0.392 e. The van der Waals surface area contributed by atoms with Crippen LogP contribution in [0.25, 0.3) is 0 Å². The third-order valence-electron chi connectivity index (χ3n) is 2.25. The minimum Gasteiger partial charge on any atom is -0.392 e. The molecule has 2 nitrogen and oxygen atoms in total. The summed E-state index contributed by atoms with van der Waals surface area (Å²) in [6.45, 7) is 2.05. The number of rotatable bonds is 4. The van der Waals surface area contributed by atoms with E-state index in [4.69, 9.17) is 10.2 Å². The van der Waals surface area contributed by atoms with Crippen molar-refractivity contribution in [2.45, 2.75) is 13.3 Å². The molecule has 0 bridgehead atoms. The first-order valence-electron chi connectivity index (χ1n) is 4.81. The van der Waals surface area contributed by atoms with Gasteiger partial charge in [0.2, 0.25) is 0 Å². The molecule has 0 atom stereocenters. The average molecular weight is 318 g/mol. The predicted octanol–water partition coefficient (Wildman–Crippen LogP) is 2.21. The summed E-state index contributed by atoms with van der Waals surface area (Å²) in [6.07, 6.45) is 0.704. The number of benzene rings is 1. The molecule has 1 aromatic rings. The van der Waals surface area contributed by atoms with E-state index in [0.717, 1.165) is 14.7 Å². The second-order valence-electron chi connectivity index (χ2n) is 3.49. The van der Waals surface area contributed by atoms with Gasteiger partial charge in [-0.05, 0) is 47.1 Å². The van der Waals surface area contributed by atoms with Crippen LogP contribution in [0.3, 0.4) is 0 Å². The summed E-state index contributed by atoms with van der Waals surface area (Å²) >= 11 is 2.07. The van der Waals surface area contributed by atoms with Gasteiger partial charge in [-0.15, -0.1) is 0 Å². The molecule has 0 spiro atoms. The van der Waals surface area contributed by atoms with E-state index in [1.165, 1.54) is 5.56 Å². The van der Waals surface area contributed by atoms with Crippen molar-refractivity contribution in [2.75, 3.05) is 13.2 Å². The highest BCUT2D eigenvalue weighted by Crippen LogP contribution is 2.17. The summed E-state index contributed by atoms with van der Waals surface area (Å²) in [5.74, 6) is 0. The van der Waals surface area contributed by atoms with E-state index in [9.17, 15) is 0 Å². The highest BCUT2D eigenvalue weighted by Gasteiger charge is 2.03. The molecule has 0 aliphatic rings. The molecule has 3 heteroatoms. The summed E-state index contributed by atoms with van der Waals surface area (Å²) in [6, 6.07) is 8.20. The minimum absolute atomic E-state index is 0.00230. The smallest absolute Gasteiger partial charge is 0.0739 e. The number of aliphatic hydroxyl groups excluding tert-OH is 2. The lowest BCUT2D eigenvalue weighted by molar-refractivity contribution is 0.316. The van der Waals surface area contributed by atoms with Crippen molar-refractivity contribution >= 4 is 22.6 Å². The van der Waals surface area contributed by atoms with Crippen LogP contribution in [0.1, 0.15) is 11.1 Å². The van der Waals surface area contributed by atoms with Gasteiger partial charge in [-0.2, -0.15) is 0 Å². The van der Waals surface area contributed by atoms with E-state index in [1.54, 1.807) is 0 Å². The maximum atomic E-state index is 9.17.